The van der Waals surface area contributed by atoms with Crippen LogP contribution in [-0.2, 0) is 10.0 Å². The second-order valence-corrected chi connectivity index (χ2v) is 12.4. The molecule has 1 atom stereocenters. The Labute approximate surface area is 187 Å². The lowest BCUT2D eigenvalue weighted by atomic mass is 9.42. The van der Waals surface area contributed by atoms with Gasteiger partial charge in [0.25, 0.3) is 10.0 Å². The van der Waals surface area contributed by atoms with Gasteiger partial charge in [0, 0.05) is 13.1 Å². The maximum atomic E-state index is 12.4. The summed E-state index contributed by atoms with van der Waals surface area (Å²) in [6.45, 7) is 4.13. The number of amidine groups is 1. The van der Waals surface area contributed by atoms with Crippen LogP contribution in [0.4, 0.5) is 0 Å². The summed E-state index contributed by atoms with van der Waals surface area (Å²) in [5.41, 5.74) is 0. The number of hydrogen-bond donors (Lipinski definition) is 0. The van der Waals surface area contributed by atoms with E-state index in [2.05, 4.69) is 16.2 Å². The van der Waals surface area contributed by atoms with Crippen molar-refractivity contribution >= 4 is 23.1 Å². The summed E-state index contributed by atoms with van der Waals surface area (Å²) in [6.07, 6.45) is 22.4. The Morgan fingerprint density at radius 3 is 1.97 bits per heavy atom. The summed E-state index contributed by atoms with van der Waals surface area (Å²) in [4.78, 5) is 2.34. The SMILES string of the molecule is CC1(BC2CCCCCCCN3CCS(=O)(=O)N=C23)CCCCCCCCCCC1. The zero-order valence-corrected chi connectivity index (χ0v) is 20.4. The summed E-state index contributed by atoms with van der Waals surface area (Å²) in [5, 5.41) is 0.323. The minimum Gasteiger partial charge on any atom is -0.359 e. The van der Waals surface area contributed by atoms with E-state index in [9.17, 15) is 8.42 Å². The highest BCUT2D eigenvalue weighted by Gasteiger charge is 2.36. The Kier molecular flexibility index (Phi) is 9.59. The monoisotopic (exact) mass is 436 g/mol. The highest BCUT2D eigenvalue weighted by Crippen LogP contribution is 2.43. The average Bonchev–Trinajstić information content (AvgIpc) is 2.70. The predicted octanol–water partition coefficient (Wildman–Crippen LogP) is 6.09. The van der Waals surface area contributed by atoms with Crippen molar-refractivity contribution < 1.29 is 8.42 Å². The lowest BCUT2D eigenvalue weighted by molar-refractivity contribution is 0.390. The van der Waals surface area contributed by atoms with E-state index in [-0.39, 0.29) is 5.75 Å². The van der Waals surface area contributed by atoms with Gasteiger partial charge < -0.3 is 4.90 Å². The minimum atomic E-state index is -3.28. The Hall–Kier alpha value is -0.515. The molecule has 0 radical (unpaired) electrons. The molecular formula is C24H45BN2O2S. The molecule has 1 saturated carbocycles. The van der Waals surface area contributed by atoms with E-state index in [4.69, 9.17) is 0 Å². The van der Waals surface area contributed by atoms with Gasteiger partial charge >= 0.3 is 0 Å². The predicted molar refractivity (Wildman–Crippen MR) is 131 cm³/mol. The van der Waals surface area contributed by atoms with Crippen LogP contribution in [0.3, 0.4) is 0 Å². The zero-order valence-electron chi connectivity index (χ0n) is 19.5. The van der Waals surface area contributed by atoms with E-state index < -0.39 is 10.0 Å². The van der Waals surface area contributed by atoms with Crippen molar-refractivity contribution in [1.29, 1.82) is 0 Å². The average molecular weight is 437 g/mol. The fraction of sp³-hybridized carbons (Fsp3) is 0.958. The number of rotatable bonds is 2. The van der Waals surface area contributed by atoms with E-state index in [1.807, 2.05) is 0 Å². The van der Waals surface area contributed by atoms with Crippen molar-refractivity contribution in [2.24, 2.45) is 4.40 Å². The van der Waals surface area contributed by atoms with Gasteiger partial charge in [0.1, 0.15) is 13.1 Å². The van der Waals surface area contributed by atoms with Gasteiger partial charge in [-0.2, -0.15) is 4.40 Å². The zero-order chi connectivity index (χ0) is 21.3. The summed E-state index contributed by atoms with van der Waals surface area (Å²) >= 11 is 0. The van der Waals surface area contributed by atoms with Crippen LogP contribution in [-0.4, -0.2) is 45.3 Å². The van der Waals surface area contributed by atoms with Crippen molar-refractivity contribution in [3.05, 3.63) is 0 Å². The molecule has 1 saturated heterocycles. The lowest BCUT2D eigenvalue weighted by Gasteiger charge is -2.38. The van der Waals surface area contributed by atoms with Crippen LogP contribution in [0, 0.1) is 0 Å². The van der Waals surface area contributed by atoms with Crippen molar-refractivity contribution in [3.8, 4) is 0 Å². The van der Waals surface area contributed by atoms with Crippen molar-refractivity contribution in [1.82, 2.24) is 4.90 Å². The van der Waals surface area contributed by atoms with Gasteiger partial charge in [0.15, 0.2) is 0 Å². The molecule has 0 aromatic carbocycles. The van der Waals surface area contributed by atoms with E-state index in [1.165, 1.54) is 103 Å². The second kappa shape index (κ2) is 11.9. The molecule has 0 spiro atoms. The van der Waals surface area contributed by atoms with Crippen LogP contribution < -0.4 is 0 Å². The van der Waals surface area contributed by atoms with Gasteiger partial charge in [-0.1, -0.05) is 115 Å². The Balaban J connectivity index is 1.77. The van der Waals surface area contributed by atoms with Gasteiger partial charge in [-0.3, -0.25) is 0 Å². The largest absolute Gasteiger partial charge is 0.359 e. The van der Waals surface area contributed by atoms with E-state index in [0.29, 0.717) is 17.7 Å². The molecule has 4 nitrogen and oxygen atoms in total. The van der Waals surface area contributed by atoms with Crippen LogP contribution in [0.2, 0.25) is 11.1 Å². The first-order valence-electron chi connectivity index (χ1n) is 13.1. The molecule has 3 rings (SSSR count). The maximum absolute atomic E-state index is 12.4. The topological polar surface area (TPSA) is 49.7 Å². The van der Waals surface area contributed by atoms with Gasteiger partial charge in [0.2, 0.25) is 0 Å². The fourth-order valence-electron chi connectivity index (χ4n) is 5.96. The minimum absolute atomic E-state index is 0.195. The molecule has 0 aromatic rings. The third-order valence-corrected chi connectivity index (χ3v) is 8.99. The standard InChI is InChI=1S/C24H45BN2O2S/c1-24(17-13-9-5-3-2-4-6-10-14-18-24)25-22-16-12-8-7-11-15-19-27-20-21-30(28,29)26-23(22)27/h22,25H,2-21H2,1H3. The van der Waals surface area contributed by atoms with Crippen LogP contribution in [0.5, 0.6) is 0 Å². The Morgan fingerprint density at radius 2 is 1.33 bits per heavy atom. The molecular weight excluding hydrogens is 391 g/mol. The molecule has 0 aromatic heterocycles. The molecule has 1 aliphatic carbocycles. The van der Waals surface area contributed by atoms with E-state index >= 15 is 0 Å². The molecule has 2 heterocycles. The van der Waals surface area contributed by atoms with Crippen LogP contribution in [0.1, 0.15) is 116 Å². The molecule has 3 aliphatic rings. The summed E-state index contributed by atoms with van der Waals surface area (Å²) in [5.74, 6) is 1.44. The molecule has 2 aliphatic heterocycles. The first kappa shape index (κ1) is 24.1. The quantitative estimate of drug-likeness (QED) is 0.492. The molecule has 2 fully saturated rings. The molecule has 6 heteroatoms. The normalized spacial score (nSPS) is 29.4. The molecule has 1 unspecified atom stereocenters. The molecule has 172 valence electrons. The second-order valence-electron chi connectivity index (χ2n) is 10.7. The first-order valence-corrected chi connectivity index (χ1v) is 14.7. The van der Waals surface area contributed by atoms with Crippen molar-refractivity contribution in [2.75, 3.05) is 18.8 Å². The fourth-order valence-corrected chi connectivity index (χ4v) is 7.05. The van der Waals surface area contributed by atoms with Crippen LogP contribution in [0.15, 0.2) is 4.40 Å². The highest BCUT2D eigenvalue weighted by molar-refractivity contribution is 7.90. The van der Waals surface area contributed by atoms with Crippen molar-refractivity contribution in [3.63, 3.8) is 0 Å². The van der Waals surface area contributed by atoms with Gasteiger partial charge in [-0.15, -0.1) is 0 Å². The first-order chi connectivity index (χ1) is 14.5. The lowest BCUT2D eigenvalue weighted by Crippen LogP contribution is -2.44. The summed E-state index contributed by atoms with van der Waals surface area (Å²) < 4.78 is 29.2. The molecule has 30 heavy (non-hydrogen) atoms. The van der Waals surface area contributed by atoms with E-state index in [1.54, 1.807) is 0 Å². The van der Waals surface area contributed by atoms with Crippen molar-refractivity contribution in [2.45, 2.75) is 127 Å². The third-order valence-electron chi connectivity index (χ3n) is 7.82. The summed E-state index contributed by atoms with van der Waals surface area (Å²) in [6, 6.07) is 0. The molecule has 0 amide bonds. The Morgan fingerprint density at radius 1 is 0.800 bits per heavy atom. The maximum Gasteiger partial charge on any atom is 0.256 e. The molecule has 0 N–H and O–H groups in total. The number of sulfonamides is 1. The van der Waals surface area contributed by atoms with Crippen LogP contribution >= 0.6 is 0 Å². The molecule has 0 bridgehead atoms. The Bertz CT molecular complexity index is 638. The number of hydrogen-bond acceptors (Lipinski definition) is 3. The van der Waals surface area contributed by atoms with Crippen LogP contribution in [0.25, 0.3) is 0 Å². The van der Waals surface area contributed by atoms with Gasteiger partial charge in [-0.25, -0.2) is 8.42 Å². The number of fused-ring (bicyclic) bond motifs is 1. The smallest absolute Gasteiger partial charge is 0.256 e. The summed E-state index contributed by atoms with van der Waals surface area (Å²) in [7, 11) is -2.16. The highest BCUT2D eigenvalue weighted by atomic mass is 32.2. The van der Waals surface area contributed by atoms with Gasteiger partial charge in [0.05, 0.1) is 5.75 Å². The number of nitrogens with zero attached hydrogens (tertiary/aromatic N) is 2. The van der Waals surface area contributed by atoms with E-state index in [0.717, 1.165) is 26.1 Å². The van der Waals surface area contributed by atoms with Gasteiger partial charge in [-0.05, 0) is 12.2 Å². The third kappa shape index (κ3) is 7.87.